The smallest absolute Gasteiger partial charge is 0.361 e. The van der Waals surface area contributed by atoms with Crippen LogP contribution in [0.2, 0.25) is 0 Å². The summed E-state index contributed by atoms with van der Waals surface area (Å²) in [5, 5.41) is 9.76. The van der Waals surface area contributed by atoms with Crippen molar-refractivity contribution in [2.75, 3.05) is 47.5 Å². The first-order valence-corrected chi connectivity index (χ1v) is 37.5. The Balaban J connectivity index is 4.26. The number of rotatable bonds is 66. The van der Waals surface area contributed by atoms with Crippen molar-refractivity contribution in [3.05, 3.63) is 231 Å². The number of hydrogen-bond donors (Lipinski definition) is 1. The minimum absolute atomic E-state index is 0.168. The molecule has 540 valence electrons. The van der Waals surface area contributed by atoms with Gasteiger partial charge in [0.25, 0.3) is 6.29 Å². The van der Waals surface area contributed by atoms with E-state index in [1.54, 1.807) is 0 Å². The zero-order valence-corrected chi connectivity index (χ0v) is 61.6. The van der Waals surface area contributed by atoms with E-state index >= 15 is 0 Å². The first kappa shape index (κ1) is 90.4. The molecule has 0 saturated heterocycles. The normalized spacial score (nSPS) is 14.0. The van der Waals surface area contributed by atoms with Crippen LogP contribution < -0.4 is 0 Å². The summed E-state index contributed by atoms with van der Waals surface area (Å²) in [7, 11) is 5.95. The average molecular weight is 1340 g/mol. The summed E-state index contributed by atoms with van der Waals surface area (Å²) in [6, 6.07) is 0. The summed E-state index contributed by atoms with van der Waals surface area (Å²) in [4.78, 5) is 37.7. The molecule has 0 heterocycles. The van der Waals surface area contributed by atoms with Crippen molar-refractivity contribution in [2.24, 2.45) is 0 Å². The number of carboxylic acid groups (broad SMARTS) is 1. The number of allylic oxidation sites excluding steroid dienone is 38. The maximum atomic E-state index is 13.0. The van der Waals surface area contributed by atoms with E-state index in [-0.39, 0.29) is 38.6 Å². The predicted octanol–water partition coefficient (Wildman–Crippen LogP) is 24.2. The summed E-state index contributed by atoms with van der Waals surface area (Å²) >= 11 is 0. The van der Waals surface area contributed by atoms with Gasteiger partial charge in [0.05, 0.1) is 34.4 Å². The molecule has 0 aromatic rings. The van der Waals surface area contributed by atoms with Crippen LogP contribution in [0.25, 0.3) is 0 Å². The van der Waals surface area contributed by atoms with Crippen LogP contribution >= 0.6 is 0 Å². The van der Waals surface area contributed by atoms with Crippen LogP contribution in [0, 0.1) is 0 Å². The summed E-state index contributed by atoms with van der Waals surface area (Å²) < 4.78 is 22.9. The number of ether oxygens (including phenoxy) is 4. The highest BCUT2D eigenvalue weighted by Crippen LogP contribution is 2.14. The van der Waals surface area contributed by atoms with Gasteiger partial charge in [-0.25, -0.2) is 4.79 Å². The molecule has 0 fully saturated rings. The fourth-order valence-corrected chi connectivity index (χ4v) is 9.27. The Morgan fingerprint density at radius 1 is 0.309 bits per heavy atom. The number of carboxylic acids is 1. The van der Waals surface area contributed by atoms with E-state index in [0.29, 0.717) is 17.4 Å². The number of carbonyl (C=O) groups excluding carboxylic acids is 2. The van der Waals surface area contributed by atoms with Crippen LogP contribution in [-0.2, 0) is 33.3 Å². The van der Waals surface area contributed by atoms with E-state index in [9.17, 15) is 19.5 Å². The predicted molar refractivity (Wildman–Crippen MR) is 418 cm³/mol. The highest BCUT2D eigenvalue weighted by molar-refractivity contribution is 5.71. The number of hydrogen-bond acceptors (Lipinski definition) is 7. The molecule has 1 N–H and O–H groups in total. The zero-order valence-electron chi connectivity index (χ0n) is 61.6. The van der Waals surface area contributed by atoms with Gasteiger partial charge >= 0.3 is 17.9 Å². The Labute approximate surface area is 593 Å². The number of aliphatic carboxylic acids is 1. The molecule has 9 nitrogen and oxygen atoms in total. The molecule has 97 heavy (non-hydrogen) atoms. The lowest BCUT2D eigenvalue weighted by Crippen LogP contribution is -2.40. The third-order valence-corrected chi connectivity index (χ3v) is 14.9. The van der Waals surface area contributed by atoms with Gasteiger partial charge in [-0.05, 0) is 161 Å². The number of unbranched alkanes of at least 4 members (excludes halogenated alkanes) is 13. The highest BCUT2D eigenvalue weighted by Gasteiger charge is 2.25. The lowest BCUT2D eigenvalue weighted by Gasteiger charge is -2.25. The van der Waals surface area contributed by atoms with Gasteiger partial charge in [-0.3, -0.25) is 9.59 Å². The maximum absolute atomic E-state index is 13.0. The van der Waals surface area contributed by atoms with Crippen molar-refractivity contribution < 1.29 is 42.9 Å². The van der Waals surface area contributed by atoms with Gasteiger partial charge in [0.15, 0.2) is 6.10 Å². The minimum Gasteiger partial charge on any atom is -0.477 e. The van der Waals surface area contributed by atoms with Gasteiger partial charge in [-0.2, -0.15) is 0 Å². The highest BCUT2D eigenvalue weighted by atomic mass is 16.7. The van der Waals surface area contributed by atoms with Crippen molar-refractivity contribution in [3.63, 3.8) is 0 Å². The quantitative estimate of drug-likeness (QED) is 0.0211. The van der Waals surface area contributed by atoms with Crippen LogP contribution in [-0.4, -0.2) is 87.4 Å². The first-order valence-electron chi connectivity index (χ1n) is 37.5. The summed E-state index contributed by atoms with van der Waals surface area (Å²) in [6.07, 6.45) is 117. The van der Waals surface area contributed by atoms with E-state index in [4.69, 9.17) is 18.9 Å². The van der Waals surface area contributed by atoms with Gasteiger partial charge in [-0.1, -0.05) is 303 Å². The van der Waals surface area contributed by atoms with Crippen molar-refractivity contribution in [3.8, 4) is 0 Å². The van der Waals surface area contributed by atoms with E-state index in [2.05, 4.69) is 245 Å². The summed E-state index contributed by atoms with van der Waals surface area (Å²) in [5.41, 5.74) is 0. The number of esters is 2. The standard InChI is InChI=1S/C88H135NO8/c1-6-8-10-12-14-16-18-20-22-24-26-28-30-32-34-36-38-39-40-41-42-43-44-45-46-47-49-51-53-55-57-59-61-63-65-67-69-71-73-75-77-79-86(91)97-84(83-96-88(87(92)93)94-81-80-89(3,4)5)82-95-85(90)78-76-74-72-70-68-66-64-62-60-58-56-54-52-50-48-37-35-33-31-29-27-25-23-21-19-17-15-13-11-9-7-2/h8-11,14-17,20-23,26-29,32-35,38-39,41-42,44-45,47-50,53-56,59,61,65,67,84,88H,6-7,12-13,18-19,24-25,30-31,36-37,40,43,46,51-52,57-58,60,62-64,66,68-83H2,1-5H3/p+1/b10-8-,11-9-,16-14-,17-15-,22-20-,23-21-,28-26-,29-27-,34-32-,35-33-,39-38-,42-41-,45-44-,49-47-,50-48-,55-53-,56-54-,61-59-,67-65-. The van der Waals surface area contributed by atoms with E-state index in [0.717, 1.165) is 180 Å². The van der Waals surface area contributed by atoms with Crippen LogP contribution in [0.4, 0.5) is 0 Å². The molecule has 0 amide bonds. The first-order chi connectivity index (χ1) is 47.6. The topological polar surface area (TPSA) is 108 Å². The zero-order chi connectivity index (χ0) is 70.4. The number of quaternary nitrogens is 1. The van der Waals surface area contributed by atoms with E-state index in [1.165, 1.54) is 32.1 Å². The second-order valence-corrected chi connectivity index (χ2v) is 25.1. The molecule has 0 aliphatic rings. The Kier molecular flexibility index (Phi) is 70.0. The molecule has 0 spiro atoms. The molecule has 0 aromatic carbocycles. The maximum Gasteiger partial charge on any atom is 0.361 e. The largest absolute Gasteiger partial charge is 0.477 e. The van der Waals surface area contributed by atoms with Gasteiger partial charge < -0.3 is 28.5 Å². The molecule has 0 aromatic heterocycles. The number of likely N-dealkylation sites (N-methyl/N-ethyl adjacent to an activating group) is 1. The van der Waals surface area contributed by atoms with Gasteiger partial charge in [0.1, 0.15) is 13.2 Å². The second-order valence-electron chi connectivity index (χ2n) is 25.1. The lowest BCUT2D eigenvalue weighted by atomic mass is 10.1. The molecular weight excluding hydrogens is 1200 g/mol. The summed E-state index contributed by atoms with van der Waals surface area (Å²) in [5.74, 6) is -2.07. The molecular formula is C88H136NO8+. The van der Waals surface area contributed by atoms with Gasteiger partial charge in [-0.15, -0.1) is 0 Å². The molecule has 0 rings (SSSR count). The molecule has 0 aliphatic heterocycles. The molecule has 0 radical (unpaired) electrons. The average Bonchev–Trinajstić information content (AvgIpc) is 3.27. The SMILES string of the molecule is CC/C=C\C/C=C\C/C=C\C/C=C\C/C=C\C/C=C\C/C=C\C/C=C\C/C=C\C/C=C\C/C=C\C/C=C\CCCCCCC(=O)OC(COC(=O)CCCCCCCCCCC/C=C\C/C=C\C/C=C\C/C=C\C/C=C\C/C=C\C/C=C\CC)COC(OCC[N+](C)(C)C)C(=O)O. The molecule has 2 atom stereocenters. The van der Waals surface area contributed by atoms with Crippen LogP contribution in [0.5, 0.6) is 0 Å². The Hall–Kier alpha value is -6.65. The van der Waals surface area contributed by atoms with E-state index < -0.39 is 24.3 Å². The Morgan fingerprint density at radius 3 is 0.825 bits per heavy atom. The number of carbonyl (C=O) groups is 3. The molecule has 0 aliphatic carbocycles. The Bertz CT molecular complexity index is 2450. The fourth-order valence-electron chi connectivity index (χ4n) is 9.27. The number of nitrogens with zero attached hydrogens (tertiary/aromatic N) is 1. The van der Waals surface area contributed by atoms with Crippen molar-refractivity contribution in [1.29, 1.82) is 0 Å². The lowest BCUT2D eigenvalue weighted by molar-refractivity contribution is -0.870. The van der Waals surface area contributed by atoms with Crippen molar-refractivity contribution in [1.82, 2.24) is 0 Å². The monoisotopic (exact) mass is 1340 g/mol. The van der Waals surface area contributed by atoms with E-state index in [1.807, 2.05) is 21.1 Å². The third-order valence-electron chi connectivity index (χ3n) is 14.9. The summed E-state index contributed by atoms with van der Waals surface area (Å²) in [6.45, 7) is 4.58. The molecule has 2 unspecified atom stereocenters. The molecule has 0 saturated carbocycles. The van der Waals surface area contributed by atoms with Crippen LogP contribution in [0.15, 0.2) is 231 Å². The van der Waals surface area contributed by atoms with Gasteiger partial charge in [0, 0.05) is 12.8 Å². The second kappa shape index (κ2) is 75.1. The Morgan fingerprint density at radius 2 is 0.557 bits per heavy atom. The van der Waals surface area contributed by atoms with Crippen molar-refractivity contribution in [2.45, 2.75) is 257 Å². The van der Waals surface area contributed by atoms with Crippen LogP contribution in [0.1, 0.15) is 245 Å². The van der Waals surface area contributed by atoms with Gasteiger partial charge in [0.2, 0.25) is 0 Å². The van der Waals surface area contributed by atoms with Crippen LogP contribution in [0.3, 0.4) is 0 Å². The van der Waals surface area contributed by atoms with Crippen molar-refractivity contribution >= 4 is 17.9 Å². The molecule has 0 bridgehead atoms. The molecule has 9 heteroatoms. The third kappa shape index (κ3) is 76.6. The fraction of sp³-hybridized carbons (Fsp3) is 0.534. The minimum atomic E-state index is -1.54.